The standard InChI is InChI=1S/C23H25N5O.C2H6/c1-4-16-7-5-6-8-20(16)24-14-19-13-21(29)28-23(25-19)26-22(27-28)18-11-9-17(10-12-18)15(2)3;1-2/h5-13,15,24H,4,14H2,1-3H3,(H,25,26,27);1-2H3. The third-order valence-corrected chi connectivity index (χ3v) is 5.09. The minimum atomic E-state index is -0.173. The molecule has 6 nitrogen and oxygen atoms in total. The smallest absolute Gasteiger partial charge is 0.274 e. The number of aryl methyl sites for hydroxylation is 1. The predicted molar refractivity (Wildman–Crippen MR) is 128 cm³/mol. The summed E-state index contributed by atoms with van der Waals surface area (Å²) in [6, 6.07) is 17.9. The molecular weight excluding hydrogens is 386 g/mol. The highest BCUT2D eigenvalue weighted by Crippen LogP contribution is 2.20. The Balaban J connectivity index is 0.00000132. The fourth-order valence-electron chi connectivity index (χ4n) is 3.36. The normalized spacial score (nSPS) is 10.8. The molecule has 31 heavy (non-hydrogen) atoms. The Labute approximate surface area is 183 Å². The van der Waals surface area contributed by atoms with Gasteiger partial charge in [-0.15, -0.1) is 0 Å². The lowest BCUT2D eigenvalue weighted by Crippen LogP contribution is -2.17. The molecule has 6 heteroatoms. The van der Waals surface area contributed by atoms with Crippen molar-refractivity contribution in [2.45, 2.75) is 53.5 Å². The van der Waals surface area contributed by atoms with Crippen molar-refractivity contribution >= 4 is 11.5 Å². The molecule has 4 aromatic rings. The average molecular weight is 418 g/mol. The van der Waals surface area contributed by atoms with Gasteiger partial charge in [-0.2, -0.15) is 9.50 Å². The Hall–Kier alpha value is -3.41. The lowest BCUT2D eigenvalue weighted by molar-refractivity contribution is 0.866. The van der Waals surface area contributed by atoms with E-state index < -0.39 is 0 Å². The van der Waals surface area contributed by atoms with Crippen LogP contribution in [0.25, 0.3) is 17.2 Å². The number of aromatic amines is 1. The number of rotatable bonds is 6. The molecule has 162 valence electrons. The number of benzene rings is 2. The third kappa shape index (κ3) is 5.02. The highest BCUT2D eigenvalue weighted by atomic mass is 16.1. The number of anilines is 1. The second-order valence-corrected chi connectivity index (χ2v) is 7.43. The second-order valence-electron chi connectivity index (χ2n) is 7.43. The van der Waals surface area contributed by atoms with E-state index in [0.29, 0.717) is 29.8 Å². The summed E-state index contributed by atoms with van der Waals surface area (Å²) in [5.74, 6) is 1.48. The molecule has 0 spiro atoms. The minimum absolute atomic E-state index is 0.173. The van der Waals surface area contributed by atoms with Crippen molar-refractivity contribution < 1.29 is 0 Å². The SMILES string of the molecule is CC.CCc1ccccc1NCc1cc(=O)n2[nH]c(-c3ccc(C(C)C)cc3)nc2n1. The number of nitrogens with one attached hydrogen (secondary N) is 2. The molecule has 0 bridgehead atoms. The molecule has 0 aliphatic carbocycles. The van der Waals surface area contributed by atoms with E-state index in [1.165, 1.54) is 15.6 Å². The predicted octanol–water partition coefficient (Wildman–Crippen LogP) is 5.41. The molecule has 0 aliphatic rings. The number of hydrogen-bond donors (Lipinski definition) is 2. The van der Waals surface area contributed by atoms with Crippen LogP contribution in [-0.2, 0) is 13.0 Å². The maximum atomic E-state index is 12.5. The summed E-state index contributed by atoms with van der Waals surface area (Å²) in [5.41, 5.74) is 4.97. The first-order chi connectivity index (χ1) is 15.0. The molecule has 2 N–H and O–H groups in total. The van der Waals surface area contributed by atoms with Gasteiger partial charge in [-0.3, -0.25) is 9.89 Å². The van der Waals surface area contributed by atoms with Crippen LogP contribution in [0.5, 0.6) is 0 Å². The van der Waals surface area contributed by atoms with Crippen LogP contribution in [0, 0.1) is 0 Å². The number of para-hydroxylation sites is 1. The summed E-state index contributed by atoms with van der Waals surface area (Å²) in [6.45, 7) is 10.9. The number of nitrogens with zero attached hydrogens (tertiary/aromatic N) is 3. The highest BCUT2D eigenvalue weighted by Gasteiger charge is 2.10. The van der Waals surface area contributed by atoms with E-state index in [2.05, 4.69) is 59.4 Å². The fraction of sp³-hybridized carbons (Fsp3) is 0.320. The monoisotopic (exact) mass is 417 g/mol. The van der Waals surface area contributed by atoms with Crippen LogP contribution in [-0.4, -0.2) is 19.6 Å². The molecule has 2 aromatic carbocycles. The average Bonchev–Trinajstić information content (AvgIpc) is 3.24. The van der Waals surface area contributed by atoms with Crippen LogP contribution < -0.4 is 10.9 Å². The Morgan fingerprint density at radius 1 is 1.03 bits per heavy atom. The van der Waals surface area contributed by atoms with Crippen LogP contribution in [0.2, 0.25) is 0 Å². The van der Waals surface area contributed by atoms with Gasteiger partial charge in [0.25, 0.3) is 11.3 Å². The largest absolute Gasteiger partial charge is 0.379 e. The van der Waals surface area contributed by atoms with E-state index in [-0.39, 0.29) is 5.56 Å². The summed E-state index contributed by atoms with van der Waals surface area (Å²) >= 11 is 0. The van der Waals surface area contributed by atoms with Crippen LogP contribution >= 0.6 is 0 Å². The fourth-order valence-corrected chi connectivity index (χ4v) is 3.36. The number of hydrogen-bond acceptors (Lipinski definition) is 4. The molecule has 0 saturated carbocycles. The zero-order valence-corrected chi connectivity index (χ0v) is 18.9. The lowest BCUT2D eigenvalue weighted by atomic mass is 10.0. The van der Waals surface area contributed by atoms with Crippen LogP contribution in [0.1, 0.15) is 57.4 Å². The summed E-state index contributed by atoms with van der Waals surface area (Å²) in [6.07, 6.45) is 0.941. The minimum Gasteiger partial charge on any atom is -0.379 e. The van der Waals surface area contributed by atoms with E-state index in [1.54, 1.807) is 6.07 Å². The zero-order chi connectivity index (χ0) is 22.4. The molecule has 2 heterocycles. The molecule has 0 saturated heterocycles. The molecule has 2 aromatic heterocycles. The van der Waals surface area contributed by atoms with Gasteiger partial charge in [0, 0.05) is 17.3 Å². The van der Waals surface area contributed by atoms with E-state index >= 15 is 0 Å². The third-order valence-electron chi connectivity index (χ3n) is 5.09. The van der Waals surface area contributed by atoms with Gasteiger partial charge in [0.2, 0.25) is 0 Å². The maximum absolute atomic E-state index is 12.5. The van der Waals surface area contributed by atoms with Crippen molar-refractivity contribution in [3.63, 3.8) is 0 Å². The molecule has 0 unspecified atom stereocenters. The Morgan fingerprint density at radius 2 is 1.74 bits per heavy atom. The van der Waals surface area contributed by atoms with Crippen LogP contribution in [0.15, 0.2) is 59.4 Å². The van der Waals surface area contributed by atoms with Crippen molar-refractivity contribution in [1.82, 2.24) is 19.6 Å². The first-order valence-corrected chi connectivity index (χ1v) is 11.0. The van der Waals surface area contributed by atoms with Gasteiger partial charge in [0.1, 0.15) is 0 Å². The molecule has 0 radical (unpaired) electrons. The second kappa shape index (κ2) is 10.1. The molecule has 0 amide bonds. The van der Waals surface area contributed by atoms with E-state index in [1.807, 2.05) is 44.2 Å². The molecule has 0 aliphatic heterocycles. The first kappa shape index (κ1) is 22.3. The van der Waals surface area contributed by atoms with Crippen LogP contribution in [0.4, 0.5) is 5.69 Å². The topological polar surface area (TPSA) is 75.1 Å². The number of aromatic nitrogens is 4. The zero-order valence-electron chi connectivity index (χ0n) is 18.9. The Kier molecular flexibility index (Phi) is 7.23. The van der Waals surface area contributed by atoms with Gasteiger partial charge in [0.05, 0.1) is 12.2 Å². The molecular formula is C25H31N5O. The van der Waals surface area contributed by atoms with Gasteiger partial charge < -0.3 is 5.32 Å². The van der Waals surface area contributed by atoms with Crippen molar-refractivity contribution in [1.29, 1.82) is 0 Å². The molecule has 0 atom stereocenters. The van der Waals surface area contributed by atoms with Gasteiger partial charge in [0.15, 0.2) is 5.82 Å². The highest BCUT2D eigenvalue weighted by molar-refractivity contribution is 5.57. The van der Waals surface area contributed by atoms with E-state index in [4.69, 9.17) is 0 Å². The quantitative estimate of drug-likeness (QED) is 0.440. The number of H-pyrrole nitrogens is 1. The summed E-state index contributed by atoms with van der Waals surface area (Å²) in [4.78, 5) is 21.6. The lowest BCUT2D eigenvalue weighted by Gasteiger charge is -2.10. The maximum Gasteiger partial charge on any atom is 0.274 e. The van der Waals surface area contributed by atoms with Crippen molar-refractivity contribution in [2.75, 3.05) is 5.32 Å². The summed E-state index contributed by atoms with van der Waals surface area (Å²) in [7, 11) is 0. The van der Waals surface area contributed by atoms with Crippen molar-refractivity contribution in [3.05, 3.63) is 81.8 Å². The van der Waals surface area contributed by atoms with Crippen molar-refractivity contribution in [3.8, 4) is 11.4 Å². The van der Waals surface area contributed by atoms with Crippen LogP contribution in [0.3, 0.4) is 0 Å². The van der Waals surface area contributed by atoms with Crippen molar-refractivity contribution in [2.24, 2.45) is 0 Å². The van der Waals surface area contributed by atoms with Gasteiger partial charge in [-0.05, 0) is 29.5 Å². The summed E-state index contributed by atoms with van der Waals surface area (Å²) in [5, 5.41) is 6.44. The van der Waals surface area contributed by atoms with Gasteiger partial charge in [-0.1, -0.05) is 77.1 Å². The van der Waals surface area contributed by atoms with E-state index in [9.17, 15) is 4.79 Å². The Bertz CT molecular complexity index is 1190. The molecule has 4 rings (SSSR count). The van der Waals surface area contributed by atoms with Gasteiger partial charge in [-0.25, -0.2) is 4.98 Å². The molecule has 0 fully saturated rings. The summed E-state index contributed by atoms with van der Waals surface area (Å²) < 4.78 is 1.38. The number of fused-ring (bicyclic) bond motifs is 1. The van der Waals surface area contributed by atoms with E-state index in [0.717, 1.165) is 17.7 Å². The Morgan fingerprint density at radius 3 is 2.42 bits per heavy atom. The van der Waals surface area contributed by atoms with Gasteiger partial charge >= 0.3 is 0 Å². The first-order valence-electron chi connectivity index (χ1n) is 11.0.